The smallest absolute Gasteiger partial charge is 0.137 e. The number of nitrogens with zero attached hydrogens (tertiary/aromatic N) is 1. The van der Waals surface area contributed by atoms with Crippen molar-refractivity contribution in [2.24, 2.45) is 0 Å². The predicted octanol–water partition coefficient (Wildman–Crippen LogP) is 3.19. The van der Waals surface area contributed by atoms with Crippen LogP contribution in [0.4, 0.5) is 0 Å². The van der Waals surface area contributed by atoms with Gasteiger partial charge in [0.1, 0.15) is 5.75 Å². The second-order valence-corrected chi connectivity index (χ2v) is 4.24. The molecule has 0 saturated heterocycles. The van der Waals surface area contributed by atoms with E-state index in [-0.39, 0.29) is 6.04 Å². The highest BCUT2D eigenvalue weighted by Gasteiger charge is 2.14. The molecular formula is C11H15Cl2NO. The van der Waals surface area contributed by atoms with Crippen LogP contribution in [0, 0.1) is 0 Å². The van der Waals surface area contributed by atoms with Gasteiger partial charge in [0.2, 0.25) is 0 Å². The summed E-state index contributed by atoms with van der Waals surface area (Å²) in [5.41, 5.74) is 1.10. The highest BCUT2D eigenvalue weighted by atomic mass is 35.5. The number of rotatable bonds is 4. The topological polar surface area (TPSA) is 12.5 Å². The van der Waals surface area contributed by atoms with E-state index in [1.165, 1.54) is 0 Å². The molecule has 0 spiro atoms. The van der Waals surface area contributed by atoms with Gasteiger partial charge in [0, 0.05) is 11.9 Å². The summed E-state index contributed by atoms with van der Waals surface area (Å²) < 4.78 is 5.10. The van der Waals surface area contributed by atoms with E-state index in [0.717, 1.165) is 5.56 Å². The molecule has 0 aliphatic carbocycles. The van der Waals surface area contributed by atoms with E-state index in [1.54, 1.807) is 7.11 Å². The molecular weight excluding hydrogens is 233 g/mol. The van der Waals surface area contributed by atoms with E-state index < -0.39 is 0 Å². The van der Waals surface area contributed by atoms with Crippen LogP contribution in [0.15, 0.2) is 18.2 Å². The van der Waals surface area contributed by atoms with Gasteiger partial charge in [-0.25, -0.2) is 0 Å². The van der Waals surface area contributed by atoms with Gasteiger partial charge in [0.05, 0.1) is 12.1 Å². The number of alkyl halides is 1. The van der Waals surface area contributed by atoms with Crippen molar-refractivity contribution in [3.8, 4) is 5.75 Å². The maximum Gasteiger partial charge on any atom is 0.137 e. The average Bonchev–Trinajstić information content (AvgIpc) is 2.18. The minimum Gasteiger partial charge on any atom is -0.495 e. The molecule has 0 saturated carbocycles. The molecule has 1 aromatic carbocycles. The molecule has 0 aliphatic heterocycles. The van der Waals surface area contributed by atoms with Crippen LogP contribution in [0.1, 0.15) is 11.6 Å². The average molecular weight is 248 g/mol. The molecule has 0 bridgehead atoms. The Morgan fingerprint density at radius 3 is 2.47 bits per heavy atom. The number of hydrogen-bond acceptors (Lipinski definition) is 2. The largest absolute Gasteiger partial charge is 0.495 e. The lowest BCUT2D eigenvalue weighted by Gasteiger charge is -2.22. The van der Waals surface area contributed by atoms with Crippen molar-refractivity contribution >= 4 is 23.2 Å². The van der Waals surface area contributed by atoms with Crippen LogP contribution >= 0.6 is 23.2 Å². The van der Waals surface area contributed by atoms with Crippen molar-refractivity contribution in [1.29, 1.82) is 0 Å². The van der Waals surface area contributed by atoms with Gasteiger partial charge in [0.15, 0.2) is 0 Å². The van der Waals surface area contributed by atoms with Crippen LogP contribution in [-0.4, -0.2) is 32.0 Å². The Morgan fingerprint density at radius 2 is 2.07 bits per heavy atom. The minimum absolute atomic E-state index is 0.176. The first-order chi connectivity index (χ1) is 7.10. The van der Waals surface area contributed by atoms with E-state index in [4.69, 9.17) is 27.9 Å². The minimum atomic E-state index is 0.176. The van der Waals surface area contributed by atoms with Crippen molar-refractivity contribution in [3.63, 3.8) is 0 Å². The Hall–Kier alpha value is -0.440. The molecule has 0 aromatic heterocycles. The Labute approximate surface area is 101 Å². The first-order valence-corrected chi connectivity index (χ1v) is 5.57. The standard InChI is InChI=1S/C11H15Cl2NO/c1-14(2)10(7-12)8-4-5-11(15-3)9(13)6-8/h4-6,10H,7H2,1-3H3. The van der Waals surface area contributed by atoms with E-state index in [2.05, 4.69) is 4.90 Å². The third-order valence-electron chi connectivity index (χ3n) is 2.33. The zero-order valence-electron chi connectivity index (χ0n) is 9.13. The number of halogens is 2. The van der Waals surface area contributed by atoms with E-state index in [9.17, 15) is 0 Å². The Kier molecular flexibility index (Phi) is 4.71. The summed E-state index contributed by atoms with van der Waals surface area (Å²) in [5.74, 6) is 1.22. The SMILES string of the molecule is COc1ccc(C(CCl)N(C)C)cc1Cl. The Bertz CT molecular complexity index is 328. The molecule has 1 unspecified atom stereocenters. The maximum atomic E-state index is 6.05. The van der Waals surface area contributed by atoms with Crippen LogP contribution in [0.5, 0.6) is 5.75 Å². The van der Waals surface area contributed by atoms with Gasteiger partial charge in [-0.05, 0) is 31.8 Å². The van der Waals surface area contributed by atoms with Crippen molar-refractivity contribution in [2.75, 3.05) is 27.1 Å². The fraction of sp³-hybridized carbons (Fsp3) is 0.455. The van der Waals surface area contributed by atoms with Gasteiger partial charge in [-0.2, -0.15) is 0 Å². The van der Waals surface area contributed by atoms with E-state index >= 15 is 0 Å². The number of methoxy groups -OCH3 is 1. The zero-order valence-corrected chi connectivity index (χ0v) is 10.6. The van der Waals surface area contributed by atoms with Gasteiger partial charge < -0.3 is 9.64 Å². The van der Waals surface area contributed by atoms with Crippen molar-refractivity contribution in [1.82, 2.24) is 4.90 Å². The van der Waals surface area contributed by atoms with E-state index in [1.807, 2.05) is 32.3 Å². The fourth-order valence-electron chi connectivity index (χ4n) is 1.42. The molecule has 84 valence electrons. The first kappa shape index (κ1) is 12.6. The van der Waals surface area contributed by atoms with Gasteiger partial charge in [0.25, 0.3) is 0 Å². The molecule has 15 heavy (non-hydrogen) atoms. The van der Waals surface area contributed by atoms with Gasteiger partial charge in [-0.1, -0.05) is 17.7 Å². The fourth-order valence-corrected chi connectivity index (χ4v) is 2.14. The summed E-state index contributed by atoms with van der Waals surface area (Å²) in [5, 5.41) is 0.618. The number of hydrogen-bond donors (Lipinski definition) is 0. The van der Waals surface area contributed by atoms with Crippen molar-refractivity contribution in [3.05, 3.63) is 28.8 Å². The maximum absolute atomic E-state index is 6.05. The molecule has 0 fully saturated rings. The summed E-state index contributed by atoms with van der Waals surface area (Å²) >= 11 is 12.0. The molecule has 0 aliphatic rings. The second kappa shape index (κ2) is 5.59. The van der Waals surface area contributed by atoms with Crippen LogP contribution in [0.2, 0.25) is 5.02 Å². The molecule has 1 aromatic rings. The lowest BCUT2D eigenvalue weighted by molar-refractivity contribution is 0.324. The monoisotopic (exact) mass is 247 g/mol. The van der Waals surface area contributed by atoms with Gasteiger partial charge >= 0.3 is 0 Å². The molecule has 1 atom stereocenters. The summed E-state index contributed by atoms with van der Waals surface area (Å²) in [6.45, 7) is 0. The quantitative estimate of drug-likeness (QED) is 0.759. The molecule has 0 N–H and O–H groups in total. The molecule has 0 amide bonds. The number of benzene rings is 1. The van der Waals surface area contributed by atoms with Crippen molar-refractivity contribution < 1.29 is 4.74 Å². The molecule has 1 rings (SSSR count). The Balaban J connectivity index is 3.00. The summed E-state index contributed by atoms with van der Waals surface area (Å²) in [6.07, 6.45) is 0. The van der Waals surface area contributed by atoms with Crippen LogP contribution in [0.3, 0.4) is 0 Å². The lowest BCUT2D eigenvalue weighted by atomic mass is 10.1. The summed E-state index contributed by atoms with van der Waals surface area (Å²) in [4.78, 5) is 2.06. The molecule has 0 heterocycles. The van der Waals surface area contributed by atoms with Gasteiger partial charge in [-0.15, -0.1) is 11.6 Å². The molecule has 2 nitrogen and oxygen atoms in total. The predicted molar refractivity (Wildman–Crippen MR) is 65.2 cm³/mol. The highest BCUT2D eigenvalue weighted by Crippen LogP contribution is 2.29. The zero-order chi connectivity index (χ0) is 11.4. The van der Waals surface area contributed by atoms with Crippen molar-refractivity contribution in [2.45, 2.75) is 6.04 Å². The highest BCUT2D eigenvalue weighted by molar-refractivity contribution is 6.32. The number of ether oxygens (including phenoxy) is 1. The third kappa shape index (κ3) is 3.00. The Morgan fingerprint density at radius 1 is 1.40 bits per heavy atom. The second-order valence-electron chi connectivity index (χ2n) is 3.53. The summed E-state index contributed by atoms with van der Waals surface area (Å²) in [7, 11) is 5.59. The van der Waals surface area contributed by atoms with Crippen LogP contribution < -0.4 is 4.74 Å². The third-order valence-corrected chi connectivity index (χ3v) is 2.92. The normalized spacial score (nSPS) is 12.9. The molecule has 4 heteroatoms. The van der Waals surface area contributed by atoms with E-state index in [0.29, 0.717) is 16.7 Å². The lowest BCUT2D eigenvalue weighted by Crippen LogP contribution is -2.21. The first-order valence-electron chi connectivity index (χ1n) is 4.66. The van der Waals surface area contributed by atoms with Gasteiger partial charge in [-0.3, -0.25) is 0 Å². The van der Waals surface area contributed by atoms with Crippen LogP contribution in [-0.2, 0) is 0 Å². The summed E-state index contributed by atoms with van der Waals surface area (Å²) in [6, 6.07) is 5.92. The molecule has 0 radical (unpaired) electrons. The van der Waals surface area contributed by atoms with Crippen LogP contribution in [0.25, 0.3) is 0 Å².